The van der Waals surface area contributed by atoms with Gasteiger partial charge in [-0.25, -0.2) is 4.79 Å². The summed E-state index contributed by atoms with van der Waals surface area (Å²) < 4.78 is 12.7. The lowest BCUT2D eigenvalue weighted by Crippen LogP contribution is -2.43. The zero-order valence-corrected chi connectivity index (χ0v) is 18.4. The molecule has 1 aliphatic carbocycles. The Morgan fingerprint density at radius 3 is 2.52 bits per heavy atom. The first-order valence-electron chi connectivity index (χ1n) is 9.82. The van der Waals surface area contributed by atoms with Crippen LogP contribution in [0.1, 0.15) is 46.5 Å². The molecule has 6 heteroatoms. The van der Waals surface area contributed by atoms with Crippen LogP contribution in [0.5, 0.6) is 5.75 Å². The van der Waals surface area contributed by atoms with Crippen molar-refractivity contribution in [3.8, 4) is 5.75 Å². The third-order valence-electron chi connectivity index (χ3n) is 5.21. The van der Waals surface area contributed by atoms with Crippen LogP contribution < -0.4 is 15.3 Å². The molecule has 1 saturated carbocycles. The predicted octanol–water partition coefficient (Wildman–Crippen LogP) is 3.26. The topological polar surface area (TPSA) is 51.1 Å². The highest BCUT2D eigenvalue weighted by molar-refractivity contribution is 14.1. The van der Waals surface area contributed by atoms with Crippen molar-refractivity contribution < 1.29 is 14.3 Å². The number of piperidine rings is 1. The van der Waals surface area contributed by atoms with Gasteiger partial charge in [-0.2, -0.15) is 0 Å². The first-order chi connectivity index (χ1) is 12.8. The zero-order chi connectivity index (χ0) is 19.2. The molecule has 1 unspecified atom stereocenters. The number of fused-ring (bicyclic) bond motifs is 1. The van der Waals surface area contributed by atoms with E-state index >= 15 is 0 Å². The van der Waals surface area contributed by atoms with E-state index in [1.807, 2.05) is 25.7 Å². The summed E-state index contributed by atoms with van der Waals surface area (Å²) in [6.45, 7) is 7.20. The number of benzene rings is 1. The Morgan fingerprint density at radius 1 is 1.19 bits per heavy atom. The Balaban J connectivity index is 1.40. The average Bonchev–Trinajstić information content (AvgIpc) is 3.32. The maximum absolute atomic E-state index is 12.2. The van der Waals surface area contributed by atoms with Crippen LogP contribution in [0.3, 0.4) is 0 Å². The second-order valence-electron chi connectivity index (χ2n) is 8.75. The largest absolute Gasteiger partial charge is 0.489 e. The SMILES string of the molecule is CC(C)(C)OC(=O)N1CCC(C2C=c3cc(I)c(OC4CC4)cc3=N2)CC1. The van der Waals surface area contributed by atoms with Gasteiger partial charge in [0.05, 0.1) is 21.1 Å². The molecule has 0 aromatic heterocycles. The van der Waals surface area contributed by atoms with Crippen LogP contribution >= 0.6 is 22.6 Å². The lowest BCUT2D eigenvalue weighted by molar-refractivity contribution is 0.0181. The van der Waals surface area contributed by atoms with Crippen LogP contribution in [0.2, 0.25) is 0 Å². The number of halogens is 1. The Labute approximate surface area is 174 Å². The molecule has 0 bridgehead atoms. The molecule has 5 nitrogen and oxygen atoms in total. The molecule has 1 saturated heterocycles. The fourth-order valence-electron chi connectivity index (χ4n) is 3.63. The standard InChI is InChI=1S/C21H27IN2O3/c1-21(2,3)27-20(25)24-8-6-13(7-9-24)17-11-14-10-16(22)19(12-18(14)23-17)26-15-4-5-15/h10-13,15,17H,4-9H2,1-3H3. The van der Waals surface area contributed by atoms with E-state index in [0.717, 1.165) is 53.4 Å². The molecule has 2 fully saturated rings. The number of hydrogen-bond acceptors (Lipinski definition) is 4. The van der Waals surface area contributed by atoms with Gasteiger partial charge in [-0.1, -0.05) is 6.08 Å². The Morgan fingerprint density at radius 2 is 1.89 bits per heavy atom. The third-order valence-corrected chi connectivity index (χ3v) is 6.05. The smallest absolute Gasteiger partial charge is 0.410 e. The van der Waals surface area contributed by atoms with Crippen molar-refractivity contribution >= 4 is 34.8 Å². The summed E-state index contributed by atoms with van der Waals surface area (Å²) in [6, 6.07) is 4.49. The second kappa shape index (κ2) is 7.26. The molecule has 0 N–H and O–H groups in total. The Kier molecular flexibility index (Phi) is 5.12. The van der Waals surface area contributed by atoms with Gasteiger partial charge >= 0.3 is 6.09 Å². The highest BCUT2D eigenvalue weighted by Gasteiger charge is 2.31. The van der Waals surface area contributed by atoms with Crippen LogP contribution in [0.15, 0.2) is 17.1 Å². The summed E-state index contributed by atoms with van der Waals surface area (Å²) in [5.41, 5.74) is -0.443. The number of carbonyl (C=O) groups is 1. The number of nitrogens with zero attached hydrogens (tertiary/aromatic N) is 2. The average molecular weight is 482 g/mol. The van der Waals surface area contributed by atoms with Crippen molar-refractivity contribution in [1.29, 1.82) is 0 Å². The molecule has 0 radical (unpaired) electrons. The summed E-state index contributed by atoms with van der Waals surface area (Å²) in [7, 11) is 0. The van der Waals surface area contributed by atoms with E-state index in [-0.39, 0.29) is 12.1 Å². The summed E-state index contributed by atoms with van der Waals surface area (Å²) in [5.74, 6) is 1.44. The van der Waals surface area contributed by atoms with E-state index in [0.29, 0.717) is 12.0 Å². The molecule has 1 atom stereocenters. The van der Waals surface area contributed by atoms with E-state index in [2.05, 4.69) is 40.8 Å². The number of rotatable bonds is 3. The molecule has 2 aliphatic heterocycles. The minimum Gasteiger partial charge on any atom is -0.489 e. The van der Waals surface area contributed by atoms with Gasteiger partial charge in [0.25, 0.3) is 0 Å². The molecule has 0 spiro atoms. The van der Waals surface area contributed by atoms with Gasteiger partial charge in [-0.15, -0.1) is 0 Å². The summed E-state index contributed by atoms with van der Waals surface area (Å²) >= 11 is 2.35. The second-order valence-corrected chi connectivity index (χ2v) is 9.91. The van der Waals surface area contributed by atoms with E-state index in [9.17, 15) is 4.79 Å². The molecule has 4 rings (SSSR count). The molecule has 3 aliphatic rings. The third kappa shape index (κ3) is 4.58. The minimum atomic E-state index is -0.443. The van der Waals surface area contributed by atoms with Crippen molar-refractivity contribution in [3.05, 3.63) is 26.3 Å². The van der Waals surface area contributed by atoms with Crippen molar-refractivity contribution in [2.45, 2.75) is 64.2 Å². The predicted molar refractivity (Wildman–Crippen MR) is 112 cm³/mol. The van der Waals surface area contributed by atoms with Gasteiger partial charge in [0, 0.05) is 19.2 Å². The van der Waals surface area contributed by atoms with Crippen LogP contribution in [0, 0.1) is 9.49 Å². The summed E-state index contributed by atoms with van der Waals surface area (Å²) in [6.07, 6.45) is 6.72. The van der Waals surface area contributed by atoms with E-state index in [4.69, 9.17) is 14.5 Å². The van der Waals surface area contributed by atoms with Crippen molar-refractivity contribution in [3.63, 3.8) is 0 Å². The number of ether oxygens (including phenoxy) is 2. The lowest BCUT2D eigenvalue weighted by atomic mass is 9.90. The highest BCUT2D eigenvalue weighted by atomic mass is 127. The van der Waals surface area contributed by atoms with Crippen molar-refractivity contribution in [2.24, 2.45) is 10.9 Å². The molecule has 1 aromatic rings. The van der Waals surface area contributed by atoms with Gasteiger partial charge in [0.2, 0.25) is 0 Å². The van der Waals surface area contributed by atoms with Crippen LogP contribution in [0.25, 0.3) is 6.08 Å². The van der Waals surface area contributed by atoms with Gasteiger partial charge in [0.15, 0.2) is 0 Å². The number of hydrogen-bond donors (Lipinski definition) is 0. The quantitative estimate of drug-likeness (QED) is 0.622. The van der Waals surface area contributed by atoms with Crippen molar-refractivity contribution in [1.82, 2.24) is 4.90 Å². The van der Waals surface area contributed by atoms with Gasteiger partial charge in [-0.05, 0) is 86.2 Å². The Bertz CT molecular complexity index is 849. The first-order valence-corrected chi connectivity index (χ1v) is 10.9. The summed E-state index contributed by atoms with van der Waals surface area (Å²) in [5, 5.41) is 2.26. The van der Waals surface area contributed by atoms with Gasteiger partial charge in [-0.3, -0.25) is 4.99 Å². The monoisotopic (exact) mass is 482 g/mol. The molecule has 146 valence electrons. The Hall–Kier alpha value is -1.31. The summed E-state index contributed by atoms with van der Waals surface area (Å²) in [4.78, 5) is 19.0. The van der Waals surface area contributed by atoms with Crippen LogP contribution in [0.4, 0.5) is 4.79 Å². The molecular formula is C21H27IN2O3. The zero-order valence-electron chi connectivity index (χ0n) is 16.2. The van der Waals surface area contributed by atoms with E-state index in [1.165, 1.54) is 5.22 Å². The number of amides is 1. The number of carbonyl (C=O) groups excluding carboxylic acids is 1. The normalized spacial score (nSPS) is 22.7. The first kappa shape index (κ1) is 19.0. The maximum Gasteiger partial charge on any atom is 0.410 e. The number of likely N-dealkylation sites (tertiary alicyclic amines) is 1. The molecule has 1 amide bonds. The van der Waals surface area contributed by atoms with Crippen LogP contribution in [-0.2, 0) is 4.74 Å². The fourth-order valence-corrected chi connectivity index (χ4v) is 4.25. The molecular weight excluding hydrogens is 455 g/mol. The van der Waals surface area contributed by atoms with Crippen LogP contribution in [-0.4, -0.2) is 41.8 Å². The van der Waals surface area contributed by atoms with Gasteiger partial charge < -0.3 is 14.4 Å². The van der Waals surface area contributed by atoms with E-state index < -0.39 is 5.60 Å². The van der Waals surface area contributed by atoms with Gasteiger partial charge in [0.1, 0.15) is 11.4 Å². The highest BCUT2D eigenvalue weighted by Crippen LogP contribution is 2.29. The van der Waals surface area contributed by atoms with E-state index in [1.54, 1.807) is 0 Å². The molecule has 2 heterocycles. The minimum absolute atomic E-state index is 0.201. The fraction of sp³-hybridized carbons (Fsp3) is 0.619. The van der Waals surface area contributed by atoms with Crippen molar-refractivity contribution in [2.75, 3.05) is 13.1 Å². The molecule has 27 heavy (non-hydrogen) atoms. The molecule has 1 aromatic carbocycles. The maximum atomic E-state index is 12.2. The lowest BCUT2D eigenvalue weighted by Gasteiger charge is -2.34.